The van der Waals surface area contributed by atoms with Gasteiger partial charge in [-0.3, -0.25) is 14.3 Å². The number of hydrogen-bond donors (Lipinski definition) is 3. The number of fused-ring (bicyclic) bond motifs is 1. The third-order valence-electron chi connectivity index (χ3n) is 6.56. The van der Waals surface area contributed by atoms with Crippen molar-refractivity contribution >= 4 is 55.7 Å². The van der Waals surface area contributed by atoms with Crippen molar-refractivity contribution in [3.63, 3.8) is 0 Å². The van der Waals surface area contributed by atoms with Crippen molar-refractivity contribution in [3.8, 4) is 0 Å². The third-order valence-corrected chi connectivity index (χ3v) is 7.40. The zero-order valence-electron chi connectivity index (χ0n) is 23.3. The quantitative estimate of drug-likeness (QED) is 0.349. The van der Waals surface area contributed by atoms with Crippen LogP contribution in [0.2, 0.25) is 5.02 Å². The van der Waals surface area contributed by atoms with Crippen LogP contribution in [-0.4, -0.2) is 61.5 Å². The number of benzene rings is 2. The average Bonchev–Trinajstić information content (AvgIpc) is 2.86. The van der Waals surface area contributed by atoms with E-state index < -0.39 is 45.3 Å². The number of hydrogen-bond acceptors (Lipinski definition) is 6. The minimum Gasteiger partial charge on any atom is -0.380 e. The maximum absolute atomic E-state index is 13.7. The maximum atomic E-state index is 13.7. The third kappa shape index (κ3) is 7.82. The average molecular weight is 626 g/mol. The van der Waals surface area contributed by atoms with Gasteiger partial charge in [0.15, 0.2) is 0 Å². The Morgan fingerprint density at radius 1 is 1.02 bits per heavy atom. The molecular formula is C28H31ClF3N5O4S. The standard InChI is InChI=1S/C28H31ClF3N5O4S/c1-27(2,3)26(39)37-14-19(33-23-13-24(28(30,31)32)35-22-9-8-17(29)11-21(22)23)12-20(15-37)34-25(38)16-6-5-7-18(10-16)36-42(4,40)41/h5-11,13,19-20,36H,12,14-15H2,1-4H3,(H,33,35)(H,34,38)/t19?,20-/m0/s1. The molecule has 2 amide bonds. The number of amides is 2. The molecule has 2 heterocycles. The number of aromatic nitrogens is 1. The summed E-state index contributed by atoms with van der Waals surface area (Å²) in [5.74, 6) is -0.687. The first-order valence-corrected chi connectivity index (χ1v) is 15.3. The summed E-state index contributed by atoms with van der Waals surface area (Å²) in [6.07, 6.45) is -3.41. The van der Waals surface area contributed by atoms with E-state index in [-0.39, 0.29) is 47.9 Å². The highest BCUT2D eigenvalue weighted by atomic mass is 35.5. The van der Waals surface area contributed by atoms with E-state index in [0.29, 0.717) is 10.4 Å². The van der Waals surface area contributed by atoms with E-state index in [0.717, 1.165) is 12.3 Å². The molecule has 2 aromatic carbocycles. The van der Waals surface area contributed by atoms with Crippen LogP contribution in [-0.2, 0) is 21.0 Å². The lowest BCUT2D eigenvalue weighted by Crippen LogP contribution is -2.57. The van der Waals surface area contributed by atoms with Crippen LogP contribution in [0.1, 0.15) is 43.2 Å². The number of carbonyl (C=O) groups is 2. The second kappa shape index (κ2) is 11.6. The molecule has 0 spiro atoms. The molecule has 1 aliphatic rings. The van der Waals surface area contributed by atoms with Crippen molar-refractivity contribution < 1.29 is 31.2 Å². The van der Waals surface area contributed by atoms with Gasteiger partial charge >= 0.3 is 6.18 Å². The number of halogens is 4. The van der Waals surface area contributed by atoms with E-state index in [2.05, 4.69) is 20.3 Å². The molecule has 9 nitrogen and oxygen atoms in total. The summed E-state index contributed by atoms with van der Waals surface area (Å²) in [7, 11) is -3.56. The number of anilines is 2. The highest BCUT2D eigenvalue weighted by Gasteiger charge is 2.37. The zero-order valence-corrected chi connectivity index (χ0v) is 24.9. The van der Waals surface area contributed by atoms with Gasteiger partial charge in [-0.1, -0.05) is 38.4 Å². The summed E-state index contributed by atoms with van der Waals surface area (Å²) in [6.45, 7) is 5.64. The molecule has 0 aliphatic carbocycles. The molecule has 3 aromatic rings. The predicted octanol–water partition coefficient (Wildman–Crippen LogP) is 5.14. The number of nitrogens with one attached hydrogen (secondary N) is 3. The molecule has 1 aromatic heterocycles. The van der Waals surface area contributed by atoms with Crippen LogP contribution in [0, 0.1) is 5.41 Å². The van der Waals surface area contributed by atoms with Crippen molar-refractivity contribution in [2.75, 3.05) is 29.4 Å². The van der Waals surface area contributed by atoms with E-state index in [9.17, 15) is 31.2 Å². The molecule has 1 saturated heterocycles. The molecule has 0 bridgehead atoms. The smallest absolute Gasteiger partial charge is 0.380 e. The van der Waals surface area contributed by atoms with Crippen molar-refractivity contribution in [1.29, 1.82) is 0 Å². The lowest BCUT2D eigenvalue weighted by molar-refractivity contribution is -0.141. The SMILES string of the molecule is CC(C)(C)C(=O)N1CC(Nc2cc(C(F)(F)F)nc3ccc(Cl)cc23)C[C@H](NC(=O)c2cccc(NS(C)(=O)=O)c2)C1. The van der Waals surface area contributed by atoms with E-state index in [1.165, 1.54) is 42.5 Å². The normalized spacial score (nSPS) is 18.0. The highest BCUT2D eigenvalue weighted by molar-refractivity contribution is 7.92. The van der Waals surface area contributed by atoms with Gasteiger partial charge in [0.25, 0.3) is 5.91 Å². The molecule has 4 rings (SSSR count). The first kappa shape index (κ1) is 31.4. The first-order valence-electron chi connectivity index (χ1n) is 13.0. The van der Waals surface area contributed by atoms with Gasteiger partial charge in [-0.25, -0.2) is 13.4 Å². The maximum Gasteiger partial charge on any atom is 0.433 e. The number of alkyl halides is 3. The largest absolute Gasteiger partial charge is 0.433 e. The number of likely N-dealkylation sites (tertiary alicyclic amines) is 1. The van der Waals surface area contributed by atoms with Gasteiger partial charge < -0.3 is 15.5 Å². The van der Waals surface area contributed by atoms with Crippen LogP contribution in [0.5, 0.6) is 0 Å². The first-order chi connectivity index (χ1) is 19.4. The molecule has 2 atom stereocenters. The molecule has 1 fully saturated rings. The number of piperidine rings is 1. The summed E-state index contributed by atoms with van der Waals surface area (Å²) in [6, 6.07) is 10.1. The lowest BCUT2D eigenvalue weighted by atomic mass is 9.91. The lowest BCUT2D eigenvalue weighted by Gasteiger charge is -2.41. The van der Waals surface area contributed by atoms with Crippen LogP contribution in [0.3, 0.4) is 0 Å². The van der Waals surface area contributed by atoms with Gasteiger partial charge in [0.1, 0.15) is 5.69 Å². The number of carbonyl (C=O) groups excluding carboxylic acids is 2. The van der Waals surface area contributed by atoms with Gasteiger partial charge in [0.05, 0.1) is 11.8 Å². The number of rotatable bonds is 6. The summed E-state index contributed by atoms with van der Waals surface area (Å²) in [4.78, 5) is 31.8. The van der Waals surface area contributed by atoms with Gasteiger partial charge in [-0.15, -0.1) is 0 Å². The number of nitrogens with zero attached hydrogens (tertiary/aromatic N) is 2. The molecule has 1 unspecified atom stereocenters. The fourth-order valence-electron chi connectivity index (χ4n) is 4.84. The van der Waals surface area contributed by atoms with Crippen molar-refractivity contribution in [2.45, 2.75) is 45.5 Å². The minimum atomic E-state index is -4.69. The fourth-order valence-corrected chi connectivity index (χ4v) is 5.56. The van der Waals surface area contributed by atoms with Crippen LogP contribution in [0.15, 0.2) is 48.5 Å². The number of sulfonamides is 1. The molecule has 14 heteroatoms. The summed E-state index contributed by atoms with van der Waals surface area (Å²) in [5.41, 5.74) is -1.18. The Bertz CT molecular complexity index is 1630. The molecule has 0 saturated carbocycles. The zero-order chi connectivity index (χ0) is 31.0. The molecular weight excluding hydrogens is 595 g/mol. The Morgan fingerprint density at radius 2 is 1.71 bits per heavy atom. The second-order valence-corrected chi connectivity index (χ2v) is 13.6. The van der Waals surface area contributed by atoms with E-state index in [4.69, 9.17) is 11.6 Å². The van der Waals surface area contributed by atoms with Crippen molar-refractivity contribution in [1.82, 2.24) is 15.2 Å². The highest BCUT2D eigenvalue weighted by Crippen LogP contribution is 2.35. The Balaban J connectivity index is 1.64. The van der Waals surface area contributed by atoms with Crippen molar-refractivity contribution in [3.05, 3.63) is 64.8 Å². The van der Waals surface area contributed by atoms with Gasteiger partial charge in [0.2, 0.25) is 15.9 Å². The summed E-state index contributed by atoms with van der Waals surface area (Å²) < 4.78 is 66.6. The Labute approximate surface area is 246 Å². The number of pyridine rings is 1. The predicted molar refractivity (Wildman–Crippen MR) is 156 cm³/mol. The van der Waals surface area contributed by atoms with Crippen LogP contribution < -0.4 is 15.4 Å². The van der Waals surface area contributed by atoms with Crippen LogP contribution >= 0.6 is 11.6 Å². The summed E-state index contributed by atoms with van der Waals surface area (Å²) >= 11 is 6.15. The van der Waals surface area contributed by atoms with E-state index >= 15 is 0 Å². The van der Waals surface area contributed by atoms with Gasteiger partial charge in [0, 0.05) is 57.9 Å². The van der Waals surface area contributed by atoms with Gasteiger partial charge in [-0.05, 0) is 48.9 Å². The summed E-state index contributed by atoms with van der Waals surface area (Å²) in [5, 5.41) is 6.75. The topological polar surface area (TPSA) is 120 Å². The van der Waals surface area contributed by atoms with E-state index in [1.54, 1.807) is 25.7 Å². The fraction of sp³-hybridized carbons (Fsp3) is 0.393. The van der Waals surface area contributed by atoms with Crippen molar-refractivity contribution in [2.24, 2.45) is 5.41 Å². The second-order valence-electron chi connectivity index (χ2n) is 11.4. The van der Waals surface area contributed by atoms with Crippen LogP contribution in [0.4, 0.5) is 24.5 Å². The van der Waals surface area contributed by atoms with Crippen LogP contribution in [0.25, 0.3) is 10.9 Å². The monoisotopic (exact) mass is 625 g/mol. The molecule has 3 N–H and O–H groups in total. The Kier molecular flexibility index (Phi) is 8.66. The van der Waals surface area contributed by atoms with E-state index in [1.807, 2.05) is 0 Å². The Morgan fingerprint density at radius 3 is 2.36 bits per heavy atom. The van der Waals surface area contributed by atoms with Gasteiger partial charge in [-0.2, -0.15) is 13.2 Å². The minimum absolute atomic E-state index is 0.0996. The molecule has 42 heavy (non-hydrogen) atoms. The molecule has 226 valence electrons. The Hall–Kier alpha value is -3.58. The molecule has 0 radical (unpaired) electrons. The molecule has 1 aliphatic heterocycles.